The summed E-state index contributed by atoms with van der Waals surface area (Å²) in [5.41, 5.74) is 6.16. The molecule has 1 saturated heterocycles. The van der Waals surface area contributed by atoms with Crippen LogP contribution in [0.15, 0.2) is 24.4 Å². The summed E-state index contributed by atoms with van der Waals surface area (Å²) >= 11 is 6.63. The normalized spacial score (nSPS) is 17.8. The Kier molecular flexibility index (Phi) is 4.95. The number of fused-ring (bicyclic) bond motifs is 5. The van der Waals surface area contributed by atoms with Crippen molar-refractivity contribution in [3.8, 4) is 11.4 Å². The minimum Gasteiger partial charge on any atom is -0.368 e. The minimum absolute atomic E-state index is 0.0547. The lowest BCUT2D eigenvalue weighted by atomic mass is 9.93. The van der Waals surface area contributed by atoms with Crippen molar-refractivity contribution >= 4 is 34.8 Å². The average Bonchev–Trinajstić information content (AvgIpc) is 3.20. The van der Waals surface area contributed by atoms with E-state index in [0.717, 1.165) is 72.9 Å². The van der Waals surface area contributed by atoms with E-state index in [-0.39, 0.29) is 5.91 Å². The fourth-order valence-electron chi connectivity index (χ4n) is 4.83. The molecule has 3 aromatic rings. The molecule has 0 bridgehead atoms. The van der Waals surface area contributed by atoms with E-state index in [2.05, 4.69) is 38.5 Å². The first-order valence-corrected chi connectivity index (χ1v) is 11.7. The number of aryl methyl sites for hydroxylation is 1. The lowest BCUT2D eigenvalue weighted by Crippen LogP contribution is -2.44. The number of nitrogens with one attached hydrogen (secondary N) is 2. The minimum atomic E-state index is -0.0547. The van der Waals surface area contributed by atoms with Crippen molar-refractivity contribution in [2.45, 2.75) is 19.4 Å². The number of nitrogens with zero attached hydrogens (tertiary/aromatic N) is 6. The van der Waals surface area contributed by atoms with Gasteiger partial charge in [0, 0.05) is 50.2 Å². The molecule has 2 aromatic heterocycles. The monoisotopic (exact) mass is 464 g/mol. The molecule has 0 unspecified atom stereocenters. The molecule has 9 nitrogen and oxygen atoms in total. The number of hydrogen-bond donors (Lipinski definition) is 2. The molecular weight excluding hydrogens is 440 g/mol. The summed E-state index contributed by atoms with van der Waals surface area (Å²) in [4.78, 5) is 26.3. The van der Waals surface area contributed by atoms with Crippen LogP contribution in [-0.4, -0.2) is 70.3 Å². The molecule has 3 aliphatic rings. The highest BCUT2D eigenvalue weighted by Gasteiger charge is 2.31. The fraction of sp³-hybridized carbons (Fsp3) is 0.391. The summed E-state index contributed by atoms with van der Waals surface area (Å²) in [6.45, 7) is 5.26. The Morgan fingerprint density at radius 3 is 2.76 bits per heavy atom. The molecule has 2 aliphatic heterocycles. The van der Waals surface area contributed by atoms with Crippen LogP contribution in [0.2, 0.25) is 5.02 Å². The molecule has 10 heteroatoms. The highest BCUT2D eigenvalue weighted by Crippen LogP contribution is 2.35. The van der Waals surface area contributed by atoms with E-state index < -0.39 is 0 Å². The zero-order chi connectivity index (χ0) is 22.5. The van der Waals surface area contributed by atoms with E-state index in [4.69, 9.17) is 21.7 Å². The van der Waals surface area contributed by atoms with Gasteiger partial charge in [-0.25, -0.2) is 9.97 Å². The number of carbonyl (C=O) groups excluding carboxylic acids is 1. The van der Waals surface area contributed by atoms with Crippen LogP contribution >= 0.6 is 11.6 Å². The molecule has 0 radical (unpaired) electrons. The molecule has 6 rings (SSSR count). The second kappa shape index (κ2) is 8.00. The number of carbonyl (C=O) groups is 1. The summed E-state index contributed by atoms with van der Waals surface area (Å²) in [5, 5.41) is 11.6. The second-order valence-corrected chi connectivity index (χ2v) is 9.21. The molecule has 0 saturated carbocycles. The average molecular weight is 465 g/mol. The van der Waals surface area contributed by atoms with Crippen LogP contribution < -0.4 is 15.5 Å². The SMILES string of the molecule is CN1CCN(c2ccc(Nc3ncc4c(n3)-c3nn5c(c3CC4)C(=O)NCC5)cc2Cl)CC1. The Bertz CT molecular complexity index is 1250. The lowest BCUT2D eigenvalue weighted by Gasteiger charge is -2.34. The molecule has 0 atom stereocenters. The van der Waals surface area contributed by atoms with Crippen LogP contribution in [0.25, 0.3) is 11.4 Å². The molecule has 0 spiro atoms. The summed E-state index contributed by atoms with van der Waals surface area (Å²) < 4.78 is 1.81. The first-order valence-electron chi connectivity index (χ1n) is 11.3. The Morgan fingerprint density at radius 2 is 1.94 bits per heavy atom. The van der Waals surface area contributed by atoms with Gasteiger partial charge in [0.1, 0.15) is 11.4 Å². The summed E-state index contributed by atoms with van der Waals surface area (Å²) in [6.07, 6.45) is 3.41. The zero-order valence-electron chi connectivity index (χ0n) is 18.4. The second-order valence-electron chi connectivity index (χ2n) is 8.80. The maximum atomic E-state index is 12.4. The van der Waals surface area contributed by atoms with Gasteiger partial charge in [0.25, 0.3) is 5.91 Å². The quantitative estimate of drug-likeness (QED) is 0.614. The van der Waals surface area contributed by atoms with E-state index in [1.54, 1.807) is 0 Å². The molecule has 1 amide bonds. The molecule has 4 heterocycles. The lowest BCUT2D eigenvalue weighted by molar-refractivity contribution is 0.0923. The highest BCUT2D eigenvalue weighted by atomic mass is 35.5. The van der Waals surface area contributed by atoms with E-state index in [0.29, 0.717) is 29.8 Å². The van der Waals surface area contributed by atoms with Crippen LogP contribution in [0.3, 0.4) is 0 Å². The number of likely N-dealkylation sites (N-methyl/N-ethyl adjacent to an activating group) is 1. The maximum absolute atomic E-state index is 12.4. The standard InChI is InChI=1S/C23H25ClN8O/c1-30-8-10-31(11-9-30)18-5-3-15(12-17(18)24)27-23-26-13-14-2-4-16-20(19(14)28-23)29-32-7-6-25-22(33)21(16)32/h3,5,12-13H,2,4,6-11H2,1H3,(H,25,33)(H,26,27,28). The van der Waals surface area contributed by atoms with Crippen molar-refractivity contribution in [2.75, 3.05) is 50.0 Å². The van der Waals surface area contributed by atoms with Crippen molar-refractivity contribution in [3.63, 3.8) is 0 Å². The number of rotatable bonds is 3. The van der Waals surface area contributed by atoms with Crippen molar-refractivity contribution in [3.05, 3.63) is 46.2 Å². The molecular formula is C23H25ClN8O. The summed E-state index contributed by atoms with van der Waals surface area (Å²) in [7, 11) is 2.14. The van der Waals surface area contributed by atoms with Crippen LogP contribution in [0.4, 0.5) is 17.3 Å². The number of halogens is 1. The van der Waals surface area contributed by atoms with E-state index in [1.807, 2.05) is 23.0 Å². The van der Waals surface area contributed by atoms with Gasteiger partial charge in [-0.1, -0.05) is 11.6 Å². The number of benzene rings is 1. The van der Waals surface area contributed by atoms with Gasteiger partial charge in [-0.2, -0.15) is 5.10 Å². The number of hydrogen-bond acceptors (Lipinski definition) is 7. The zero-order valence-corrected chi connectivity index (χ0v) is 19.2. The Morgan fingerprint density at radius 1 is 1.09 bits per heavy atom. The predicted molar refractivity (Wildman–Crippen MR) is 127 cm³/mol. The van der Waals surface area contributed by atoms with Crippen molar-refractivity contribution < 1.29 is 4.79 Å². The van der Waals surface area contributed by atoms with Gasteiger partial charge in [0.2, 0.25) is 5.95 Å². The van der Waals surface area contributed by atoms with E-state index in [1.165, 1.54) is 0 Å². The number of anilines is 3. The number of aromatic nitrogens is 4. The summed E-state index contributed by atoms with van der Waals surface area (Å²) in [6, 6.07) is 5.98. The van der Waals surface area contributed by atoms with Crippen molar-refractivity contribution in [1.82, 2.24) is 30.0 Å². The van der Waals surface area contributed by atoms with Crippen LogP contribution in [0, 0.1) is 0 Å². The highest BCUT2D eigenvalue weighted by molar-refractivity contribution is 6.33. The van der Waals surface area contributed by atoms with Crippen LogP contribution in [0.1, 0.15) is 21.6 Å². The van der Waals surface area contributed by atoms with Crippen molar-refractivity contribution in [1.29, 1.82) is 0 Å². The van der Waals surface area contributed by atoms with Gasteiger partial charge in [0.05, 0.1) is 22.9 Å². The predicted octanol–water partition coefficient (Wildman–Crippen LogP) is 2.33. The van der Waals surface area contributed by atoms with Crippen LogP contribution in [-0.2, 0) is 19.4 Å². The fourth-order valence-corrected chi connectivity index (χ4v) is 5.13. The number of piperazine rings is 1. The molecule has 170 valence electrons. The van der Waals surface area contributed by atoms with Gasteiger partial charge in [0.15, 0.2) is 0 Å². The van der Waals surface area contributed by atoms with E-state index >= 15 is 0 Å². The maximum Gasteiger partial charge on any atom is 0.269 e. The molecule has 1 aromatic carbocycles. The van der Waals surface area contributed by atoms with Gasteiger partial charge in [-0.15, -0.1) is 0 Å². The largest absolute Gasteiger partial charge is 0.368 e. The first-order chi connectivity index (χ1) is 16.1. The van der Waals surface area contributed by atoms with Gasteiger partial charge < -0.3 is 20.4 Å². The van der Waals surface area contributed by atoms with Gasteiger partial charge >= 0.3 is 0 Å². The van der Waals surface area contributed by atoms with E-state index in [9.17, 15) is 4.79 Å². The Labute approximate surface area is 196 Å². The summed E-state index contributed by atoms with van der Waals surface area (Å²) in [5.74, 6) is 0.432. The third-order valence-electron chi connectivity index (χ3n) is 6.66. The Hall–Kier alpha value is -3.17. The van der Waals surface area contributed by atoms with Crippen molar-refractivity contribution in [2.24, 2.45) is 0 Å². The Balaban J connectivity index is 1.27. The third kappa shape index (κ3) is 3.61. The topological polar surface area (TPSA) is 91.2 Å². The third-order valence-corrected chi connectivity index (χ3v) is 6.96. The molecule has 2 N–H and O–H groups in total. The van der Waals surface area contributed by atoms with Crippen LogP contribution in [0.5, 0.6) is 0 Å². The first kappa shape index (κ1) is 20.4. The van der Waals surface area contributed by atoms with Gasteiger partial charge in [-0.05, 0) is 43.7 Å². The molecule has 1 aliphatic carbocycles. The molecule has 33 heavy (non-hydrogen) atoms. The number of amides is 1. The van der Waals surface area contributed by atoms with Gasteiger partial charge in [-0.3, -0.25) is 9.48 Å². The smallest absolute Gasteiger partial charge is 0.269 e. The molecule has 1 fully saturated rings.